The summed E-state index contributed by atoms with van der Waals surface area (Å²) < 4.78 is 9.63. The third-order valence-electron chi connectivity index (χ3n) is 7.05. The Bertz CT molecular complexity index is 1590. The Morgan fingerprint density at radius 1 is 0.722 bits per heavy atom. The first kappa shape index (κ1) is 21.7. The molecule has 3 aliphatic rings. The minimum absolute atomic E-state index is 0.0165. The van der Waals surface area contributed by atoms with Crippen molar-refractivity contribution in [3.8, 4) is 11.1 Å². The van der Waals surface area contributed by atoms with Gasteiger partial charge >= 0.3 is 23.9 Å². The van der Waals surface area contributed by atoms with Crippen LogP contribution in [0, 0.1) is 0 Å². The first-order chi connectivity index (χ1) is 17.4. The van der Waals surface area contributed by atoms with Crippen molar-refractivity contribution in [1.82, 2.24) is 0 Å². The van der Waals surface area contributed by atoms with Gasteiger partial charge < -0.3 is 9.47 Å². The lowest BCUT2D eigenvalue weighted by atomic mass is 9.66. The average molecular weight is 474 g/mol. The normalized spacial score (nSPS) is 18.8. The van der Waals surface area contributed by atoms with Gasteiger partial charge in [0.2, 0.25) is 0 Å². The van der Waals surface area contributed by atoms with Gasteiger partial charge in [-0.15, -0.1) is 0 Å². The van der Waals surface area contributed by atoms with Crippen LogP contribution in [0.1, 0.15) is 44.3 Å². The molecule has 1 aliphatic carbocycles. The molecule has 2 heterocycles. The molecule has 0 aromatic heterocycles. The van der Waals surface area contributed by atoms with Crippen molar-refractivity contribution in [2.24, 2.45) is 0 Å². The van der Waals surface area contributed by atoms with Crippen LogP contribution in [0.3, 0.4) is 0 Å². The molecule has 0 unspecified atom stereocenters. The van der Waals surface area contributed by atoms with E-state index in [9.17, 15) is 19.2 Å². The van der Waals surface area contributed by atoms with E-state index in [0.717, 1.165) is 22.3 Å². The van der Waals surface area contributed by atoms with Crippen molar-refractivity contribution in [2.75, 3.05) is 0 Å². The van der Waals surface area contributed by atoms with E-state index in [1.165, 1.54) is 0 Å². The molecule has 0 bridgehead atoms. The fourth-order valence-corrected chi connectivity index (χ4v) is 5.49. The maximum atomic E-state index is 12.5. The number of benzene rings is 3. The summed E-state index contributed by atoms with van der Waals surface area (Å²) in [6.07, 6.45) is 3.50. The highest BCUT2D eigenvalue weighted by molar-refractivity contribution is 6.18. The van der Waals surface area contributed by atoms with Crippen molar-refractivity contribution >= 4 is 23.9 Å². The molecule has 0 amide bonds. The molecule has 0 radical (unpaired) electrons. The molecule has 6 rings (SSSR count). The highest BCUT2D eigenvalue weighted by Crippen LogP contribution is 2.57. The summed E-state index contributed by atoms with van der Waals surface area (Å²) in [5.41, 5.74) is 4.71. The molecule has 174 valence electrons. The molecule has 36 heavy (non-hydrogen) atoms. The van der Waals surface area contributed by atoms with Crippen LogP contribution >= 0.6 is 0 Å². The van der Waals surface area contributed by atoms with E-state index >= 15 is 0 Å². The Morgan fingerprint density at radius 2 is 1.31 bits per heavy atom. The number of rotatable bonds is 3. The minimum atomic E-state index is -0.970. The molecule has 2 aliphatic heterocycles. The predicted molar refractivity (Wildman–Crippen MR) is 130 cm³/mol. The number of hydrogen-bond donors (Lipinski definition) is 0. The van der Waals surface area contributed by atoms with E-state index < -0.39 is 29.3 Å². The molecule has 1 fully saturated rings. The van der Waals surface area contributed by atoms with Gasteiger partial charge in [0.05, 0.1) is 27.7 Å². The lowest BCUT2D eigenvalue weighted by molar-refractivity contribution is -0.149. The van der Waals surface area contributed by atoms with Gasteiger partial charge in [-0.05, 0) is 58.5 Å². The van der Waals surface area contributed by atoms with E-state index in [1.54, 1.807) is 24.3 Å². The quantitative estimate of drug-likeness (QED) is 0.307. The van der Waals surface area contributed by atoms with E-state index in [1.807, 2.05) is 61.5 Å². The van der Waals surface area contributed by atoms with Crippen molar-refractivity contribution in [3.63, 3.8) is 0 Å². The Labute approximate surface area is 206 Å². The van der Waals surface area contributed by atoms with E-state index in [4.69, 9.17) is 9.47 Å². The number of allylic oxidation sites excluding steroid dienone is 3. The molecule has 0 spiro atoms. The fraction of sp³-hybridized carbons (Fsp3) is 0.0667. The summed E-state index contributed by atoms with van der Waals surface area (Å²) >= 11 is 0. The number of cyclic esters (lactones) is 4. The zero-order valence-electron chi connectivity index (χ0n) is 19.2. The summed E-state index contributed by atoms with van der Waals surface area (Å²) in [5.74, 6) is -2.92. The molecule has 6 heteroatoms. The van der Waals surface area contributed by atoms with Crippen molar-refractivity contribution in [1.29, 1.82) is 0 Å². The van der Waals surface area contributed by atoms with Gasteiger partial charge in [0.25, 0.3) is 0 Å². The summed E-state index contributed by atoms with van der Waals surface area (Å²) in [6.45, 7) is 5.58. The fourth-order valence-electron chi connectivity index (χ4n) is 5.49. The molecule has 0 N–H and O–H groups in total. The van der Waals surface area contributed by atoms with Crippen molar-refractivity contribution in [2.45, 2.75) is 12.3 Å². The van der Waals surface area contributed by atoms with Crippen LogP contribution in [0.25, 0.3) is 11.1 Å². The summed E-state index contributed by atoms with van der Waals surface area (Å²) in [7, 11) is 0. The maximum absolute atomic E-state index is 12.5. The van der Waals surface area contributed by atoms with Gasteiger partial charge in [0.1, 0.15) is 0 Å². The van der Waals surface area contributed by atoms with Gasteiger partial charge in [-0.25, -0.2) is 19.2 Å². The minimum Gasteiger partial charge on any atom is -0.386 e. The third kappa shape index (κ3) is 2.72. The maximum Gasteiger partial charge on any atom is 0.346 e. The Hall–Kier alpha value is -4.84. The molecule has 1 saturated heterocycles. The lowest BCUT2D eigenvalue weighted by Gasteiger charge is -2.35. The number of carbonyl (C=O) groups is 4. The smallest absolute Gasteiger partial charge is 0.346 e. The zero-order chi connectivity index (χ0) is 25.2. The molecular weight excluding hydrogens is 456 g/mol. The van der Waals surface area contributed by atoms with Gasteiger partial charge in [0.15, 0.2) is 0 Å². The first-order valence-corrected chi connectivity index (χ1v) is 11.3. The number of ether oxygens (including phenoxy) is 2. The zero-order valence-corrected chi connectivity index (χ0v) is 19.2. The highest BCUT2D eigenvalue weighted by atomic mass is 16.6. The second kappa shape index (κ2) is 7.58. The van der Waals surface area contributed by atoms with E-state index in [2.05, 4.69) is 6.58 Å². The van der Waals surface area contributed by atoms with Crippen LogP contribution in [0.15, 0.2) is 102 Å². The second-order valence-electron chi connectivity index (χ2n) is 8.74. The molecule has 3 aromatic rings. The molecule has 0 atom stereocenters. The van der Waals surface area contributed by atoms with Gasteiger partial charge in [-0.3, -0.25) is 0 Å². The van der Waals surface area contributed by atoms with Gasteiger partial charge in [-0.1, -0.05) is 67.3 Å². The average Bonchev–Trinajstić information content (AvgIpc) is 3.44. The lowest BCUT2D eigenvalue weighted by Crippen LogP contribution is -2.29. The number of fused-ring (bicyclic) bond motifs is 4. The standard InChI is InChI=1S/C30H18O6/c1-3-17(14-22-16(2)26(31)35-28(22)33)30(18-12-13-21-23(15-18)29(34)36-27(21)32)24-10-6-4-8-19(24)20-9-5-7-11-25(20)30/h3-15H,2H2,1H3/b17-3+,22-14+. The molecular formula is C30H18O6. The van der Waals surface area contributed by atoms with Crippen LogP contribution < -0.4 is 0 Å². The second-order valence-corrected chi connectivity index (χ2v) is 8.74. The van der Waals surface area contributed by atoms with Crippen LogP contribution in [-0.4, -0.2) is 23.9 Å². The Balaban J connectivity index is 1.72. The Kier molecular flexibility index (Phi) is 4.57. The van der Waals surface area contributed by atoms with Crippen molar-refractivity contribution in [3.05, 3.63) is 130 Å². The largest absolute Gasteiger partial charge is 0.386 e. The van der Waals surface area contributed by atoms with Gasteiger partial charge in [0, 0.05) is 0 Å². The van der Waals surface area contributed by atoms with E-state index in [0.29, 0.717) is 11.1 Å². The highest BCUT2D eigenvalue weighted by Gasteiger charge is 2.48. The van der Waals surface area contributed by atoms with Crippen LogP contribution in [-0.2, 0) is 24.5 Å². The predicted octanol–water partition coefficient (Wildman–Crippen LogP) is 4.82. The number of carbonyl (C=O) groups excluding carboxylic acids is 4. The third-order valence-corrected chi connectivity index (χ3v) is 7.05. The molecule has 6 nitrogen and oxygen atoms in total. The monoisotopic (exact) mass is 474 g/mol. The Morgan fingerprint density at radius 3 is 1.89 bits per heavy atom. The topological polar surface area (TPSA) is 86.7 Å². The number of esters is 4. The summed E-state index contributed by atoms with van der Waals surface area (Å²) in [6, 6.07) is 20.9. The van der Waals surface area contributed by atoms with Gasteiger partial charge in [-0.2, -0.15) is 0 Å². The first-order valence-electron chi connectivity index (χ1n) is 11.3. The van der Waals surface area contributed by atoms with Crippen LogP contribution in [0.2, 0.25) is 0 Å². The van der Waals surface area contributed by atoms with Crippen molar-refractivity contribution < 1.29 is 28.7 Å². The summed E-state index contributed by atoms with van der Waals surface area (Å²) in [5, 5.41) is 0. The summed E-state index contributed by atoms with van der Waals surface area (Å²) in [4.78, 5) is 49.2. The van der Waals surface area contributed by atoms with Crippen LogP contribution in [0.4, 0.5) is 0 Å². The SMILES string of the molecule is C=C1C(=O)OC(=O)/C1=C/C(=C\C)C1(c2ccc3c(c2)C(=O)OC3=O)c2ccccc2-c2ccccc21. The molecule has 0 saturated carbocycles. The van der Waals surface area contributed by atoms with E-state index in [-0.39, 0.29) is 22.3 Å². The van der Waals surface area contributed by atoms with Crippen LogP contribution in [0.5, 0.6) is 0 Å². The molecule has 3 aromatic carbocycles. The number of hydrogen-bond acceptors (Lipinski definition) is 6.